The van der Waals surface area contributed by atoms with Crippen molar-refractivity contribution in [3.05, 3.63) is 0 Å². The van der Waals surface area contributed by atoms with Crippen LogP contribution in [0.5, 0.6) is 0 Å². The number of aliphatic carboxylic acids is 1. The van der Waals surface area contributed by atoms with E-state index in [4.69, 9.17) is 15.6 Å². The van der Waals surface area contributed by atoms with E-state index in [1.165, 1.54) is 7.11 Å². The molecule has 0 aliphatic carbocycles. The molecule has 8 heteroatoms. The number of nitrogens with two attached hydrogens (primary N) is 1. The van der Waals surface area contributed by atoms with Crippen LogP contribution in [0.4, 0.5) is 13.2 Å². The highest BCUT2D eigenvalue weighted by Crippen LogP contribution is 2.13. The summed E-state index contributed by atoms with van der Waals surface area (Å²) in [4.78, 5) is 19.4. The highest BCUT2D eigenvalue weighted by Gasteiger charge is 2.38. The van der Waals surface area contributed by atoms with Crippen LogP contribution in [-0.4, -0.2) is 35.9 Å². The molecule has 0 unspecified atom stereocenters. The van der Waals surface area contributed by atoms with Crippen molar-refractivity contribution in [1.29, 1.82) is 0 Å². The van der Waals surface area contributed by atoms with Gasteiger partial charge in [0.2, 0.25) is 0 Å². The van der Waals surface area contributed by atoms with Gasteiger partial charge in [-0.1, -0.05) is 0 Å². The molecule has 15 heavy (non-hydrogen) atoms. The molecule has 3 N–H and O–H groups in total. The molecule has 0 spiro atoms. The lowest BCUT2D eigenvalue weighted by molar-refractivity contribution is -0.192. The third kappa shape index (κ3) is 9.01. The fourth-order valence-corrected chi connectivity index (χ4v) is 0.263. The first-order valence-electron chi connectivity index (χ1n) is 3.60. The van der Waals surface area contributed by atoms with Crippen LogP contribution in [0.2, 0.25) is 0 Å². The van der Waals surface area contributed by atoms with Gasteiger partial charge in [0.05, 0.1) is 7.11 Å². The smallest absolute Gasteiger partial charge is 0.475 e. The molecule has 0 aliphatic rings. The number of halogens is 3. The van der Waals surface area contributed by atoms with Crippen molar-refractivity contribution in [2.45, 2.75) is 25.6 Å². The molecule has 0 aromatic carbocycles. The van der Waals surface area contributed by atoms with E-state index in [1.807, 2.05) is 0 Å². The van der Waals surface area contributed by atoms with Crippen LogP contribution >= 0.6 is 0 Å². The van der Waals surface area contributed by atoms with Gasteiger partial charge < -0.3 is 15.6 Å². The molecular weight excluding hydrogens is 219 g/mol. The SMILES string of the molecule is COC(=O)C(C)(C)N.O=C(O)C(F)(F)F. The van der Waals surface area contributed by atoms with Gasteiger partial charge in [-0.3, -0.25) is 4.79 Å². The first-order chi connectivity index (χ1) is 6.42. The number of carboxylic acids is 1. The summed E-state index contributed by atoms with van der Waals surface area (Å²) in [6, 6.07) is 0. The molecule has 0 aliphatic heterocycles. The zero-order chi connectivity index (χ0) is 12.9. The molecule has 0 radical (unpaired) electrons. The lowest BCUT2D eigenvalue weighted by Crippen LogP contribution is -2.42. The van der Waals surface area contributed by atoms with Crippen LogP contribution in [0, 0.1) is 0 Å². The van der Waals surface area contributed by atoms with Crippen molar-refractivity contribution < 1.29 is 32.6 Å². The number of methoxy groups -OCH3 is 1. The number of esters is 1. The molecule has 0 aromatic heterocycles. The Bertz CT molecular complexity index is 231. The van der Waals surface area contributed by atoms with Gasteiger partial charge in [0.25, 0.3) is 0 Å². The fraction of sp³-hybridized carbons (Fsp3) is 0.714. The molecule has 0 rings (SSSR count). The van der Waals surface area contributed by atoms with Crippen LogP contribution in [0.15, 0.2) is 0 Å². The van der Waals surface area contributed by atoms with Gasteiger partial charge in [0.1, 0.15) is 5.54 Å². The number of hydrogen-bond acceptors (Lipinski definition) is 4. The van der Waals surface area contributed by atoms with Crippen molar-refractivity contribution in [2.24, 2.45) is 5.73 Å². The Morgan fingerprint density at radius 1 is 1.27 bits per heavy atom. The van der Waals surface area contributed by atoms with Gasteiger partial charge in [-0.05, 0) is 13.8 Å². The molecule has 0 atom stereocenters. The third-order valence-electron chi connectivity index (χ3n) is 0.954. The second-order valence-electron chi connectivity index (χ2n) is 3.02. The van der Waals surface area contributed by atoms with Gasteiger partial charge in [-0.15, -0.1) is 0 Å². The zero-order valence-electron chi connectivity index (χ0n) is 8.38. The molecule has 0 saturated heterocycles. The molecule has 0 heterocycles. The van der Waals surface area contributed by atoms with Crippen molar-refractivity contribution in [2.75, 3.05) is 7.11 Å². The van der Waals surface area contributed by atoms with Crippen LogP contribution < -0.4 is 5.73 Å². The minimum atomic E-state index is -5.08. The van der Waals surface area contributed by atoms with E-state index < -0.39 is 23.7 Å². The molecular formula is C7H12F3NO4. The van der Waals surface area contributed by atoms with E-state index in [9.17, 15) is 18.0 Å². The van der Waals surface area contributed by atoms with Crippen molar-refractivity contribution in [3.8, 4) is 0 Å². The largest absolute Gasteiger partial charge is 0.490 e. The van der Waals surface area contributed by atoms with Crippen molar-refractivity contribution in [3.63, 3.8) is 0 Å². The van der Waals surface area contributed by atoms with E-state index in [0.29, 0.717) is 0 Å². The fourth-order valence-electron chi connectivity index (χ4n) is 0.263. The van der Waals surface area contributed by atoms with Gasteiger partial charge >= 0.3 is 18.1 Å². The molecule has 0 bridgehead atoms. The number of ether oxygens (including phenoxy) is 1. The highest BCUT2D eigenvalue weighted by molar-refractivity contribution is 5.79. The molecule has 5 nitrogen and oxygen atoms in total. The highest BCUT2D eigenvalue weighted by atomic mass is 19.4. The van der Waals surface area contributed by atoms with E-state index in [0.717, 1.165) is 0 Å². The zero-order valence-corrected chi connectivity index (χ0v) is 8.38. The maximum atomic E-state index is 10.6. The molecule has 0 aromatic rings. The molecule has 0 fully saturated rings. The Labute approximate surface area is 84.0 Å². The Hall–Kier alpha value is -1.31. The Balaban J connectivity index is 0. The quantitative estimate of drug-likeness (QED) is 0.642. The minimum Gasteiger partial charge on any atom is -0.475 e. The number of hydrogen-bond donors (Lipinski definition) is 2. The molecule has 90 valence electrons. The number of carbonyl (C=O) groups is 2. The van der Waals surface area contributed by atoms with Crippen LogP contribution in [0.1, 0.15) is 13.8 Å². The monoisotopic (exact) mass is 231 g/mol. The summed E-state index contributed by atoms with van der Waals surface area (Å²) in [7, 11) is 1.32. The van der Waals surface area contributed by atoms with Gasteiger partial charge in [-0.25, -0.2) is 4.79 Å². The lowest BCUT2D eigenvalue weighted by atomic mass is 10.1. The third-order valence-corrected chi connectivity index (χ3v) is 0.954. The second kappa shape index (κ2) is 5.54. The van der Waals surface area contributed by atoms with E-state index in [1.54, 1.807) is 13.8 Å². The van der Waals surface area contributed by atoms with Crippen LogP contribution in [0.3, 0.4) is 0 Å². The standard InChI is InChI=1S/C5H11NO2.C2HF3O2/c1-5(2,6)4(7)8-3;3-2(4,5)1(6)7/h6H2,1-3H3;(H,6,7). The normalized spacial score (nSPS) is 11.1. The predicted octanol–water partition coefficient (Wildman–Crippen LogP) is 0.530. The maximum absolute atomic E-state index is 10.6. The number of rotatable bonds is 1. The van der Waals surface area contributed by atoms with Crippen LogP contribution in [-0.2, 0) is 14.3 Å². The summed E-state index contributed by atoms with van der Waals surface area (Å²) in [5, 5.41) is 7.12. The molecule has 0 amide bonds. The average molecular weight is 231 g/mol. The van der Waals surface area contributed by atoms with Crippen LogP contribution in [0.25, 0.3) is 0 Å². The number of carbonyl (C=O) groups excluding carboxylic acids is 1. The summed E-state index contributed by atoms with van der Waals surface area (Å²) in [6.07, 6.45) is -5.08. The summed E-state index contributed by atoms with van der Waals surface area (Å²) >= 11 is 0. The number of carboxylic acid groups (broad SMARTS) is 1. The summed E-state index contributed by atoms with van der Waals surface area (Å²) < 4.78 is 36.1. The average Bonchev–Trinajstić information content (AvgIpc) is 2.00. The molecule has 0 saturated carbocycles. The first-order valence-corrected chi connectivity index (χ1v) is 3.60. The topological polar surface area (TPSA) is 89.6 Å². The van der Waals surface area contributed by atoms with E-state index in [2.05, 4.69) is 4.74 Å². The van der Waals surface area contributed by atoms with E-state index in [-0.39, 0.29) is 0 Å². The van der Waals surface area contributed by atoms with E-state index >= 15 is 0 Å². The Morgan fingerprint density at radius 3 is 1.53 bits per heavy atom. The van der Waals surface area contributed by atoms with Crippen molar-refractivity contribution in [1.82, 2.24) is 0 Å². The van der Waals surface area contributed by atoms with Crippen molar-refractivity contribution >= 4 is 11.9 Å². The lowest BCUT2D eigenvalue weighted by Gasteiger charge is -2.13. The predicted molar refractivity (Wildman–Crippen MR) is 44.0 cm³/mol. The number of alkyl halides is 3. The Kier molecular flexibility index (Phi) is 5.96. The summed E-state index contributed by atoms with van der Waals surface area (Å²) in [5.41, 5.74) is 4.46. The summed E-state index contributed by atoms with van der Waals surface area (Å²) in [5.74, 6) is -3.15. The van der Waals surface area contributed by atoms with Gasteiger partial charge in [-0.2, -0.15) is 13.2 Å². The maximum Gasteiger partial charge on any atom is 0.490 e. The van der Waals surface area contributed by atoms with Gasteiger partial charge in [0, 0.05) is 0 Å². The van der Waals surface area contributed by atoms with Gasteiger partial charge in [0.15, 0.2) is 0 Å². The second-order valence-corrected chi connectivity index (χ2v) is 3.02. The minimum absolute atomic E-state index is 0.391. The Morgan fingerprint density at radius 2 is 1.53 bits per heavy atom. The summed E-state index contributed by atoms with van der Waals surface area (Å²) in [6.45, 7) is 3.19. The first kappa shape index (κ1) is 16.1.